The minimum Gasteiger partial charge on any atom is -0.449 e. The van der Waals surface area contributed by atoms with Crippen molar-refractivity contribution in [3.8, 4) is 0 Å². The smallest absolute Gasteiger partial charge is 0.417 e. The first-order valence-electron chi connectivity index (χ1n) is 10.1. The van der Waals surface area contributed by atoms with Gasteiger partial charge in [-0.3, -0.25) is 4.79 Å². The number of pyridine rings is 1. The van der Waals surface area contributed by atoms with Gasteiger partial charge in [0.2, 0.25) is 0 Å². The van der Waals surface area contributed by atoms with E-state index in [0.717, 1.165) is 17.4 Å². The maximum absolute atomic E-state index is 13.7. The molecule has 172 valence electrons. The van der Waals surface area contributed by atoms with Crippen molar-refractivity contribution in [2.24, 2.45) is 11.3 Å². The van der Waals surface area contributed by atoms with E-state index in [1.807, 2.05) is 0 Å². The number of nitrogens with zero attached hydrogens (tertiary/aromatic N) is 3. The third-order valence-corrected chi connectivity index (χ3v) is 7.13. The van der Waals surface area contributed by atoms with Gasteiger partial charge in [0.05, 0.1) is 34.6 Å². The Kier molecular flexibility index (Phi) is 4.97. The molecule has 3 saturated heterocycles. The molecule has 2 aromatic rings. The predicted octanol–water partition coefficient (Wildman–Crippen LogP) is 2.58. The Labute approximate surface area is 185 Å². The molecule has 3 fully saturated rings. The molecule has 3 aliphatic rings. The number of rotatable bonds is 4. The summed E-state index contributed by atoms with van der Waals surface area (Å²) in [6.45, 7) is 3.53. The average molecular weight is 470 g/mol. The van der Waals surface area contributed by atoms with Crippen molar-refractivity contribution in [3.05, 3.63) is 22.6 Å². The fourth-order valence-electron chi connectivity index (χ4n) is 4.34. The normalized spacial score (nSPS) is 20.0. The maximum Gasteiger partial charge on any atom is 0.417 e. The molecule has 0 atom stereocenters. The van der Waals surface area contributed by atoms with Crippen LogP contribution in [0.25, 0.3) is 10.2 Å². The van der Waals surface area contributed by atoms with Gasteiger partial charge in [-0.25, -0.2) is 9.78 Å². The summed E-state index contributed by atoms with van der Waals surface area (Å²) in [5.74, 6) is -0.0327. The van der Waals surface area contributed by atoms with Gasteiger partial charge in [0.15, 0.2) is 0 Å². The van der Waals surface area contributed by atoms with Crippen LogP contribution >= 0.6 is 11.3 Å². The van der Waals surface area contributed by atoms with Crippen LogP contribution in [0.2, 0.25) is 0 Å². The van der Waals surface area contributed by atoms with Gasteiger partial charge in [-0.15, -0.1) is 11.3 Å². The third kappa shape index (κ3) is 3.54. The van der Waals surface area contributed by atoms with Gasteiger partial charge in [0, 0.05) is 49.9 Å². The van der Waals surface area contributed by atoms with Gasteiger partial charge >= 0.3 is 12.3 Å². The summed E-state index contributed by atoms with van der Waals surface area (Å²) in [7, 11) is 1.42. The number of halogens is 3. The number of hydrogen-bond acceptors (Lipinski definition) is 7. The molecule has 32 heavy (non-hydrogen) atoms. The van der Waals surface area contributed by atoms with Crippen LogP contribution in [-0.4, -0.2) is 74.9 Å². The summed E-state index contributed by atoms with van der Waals surface area (Å²) >= 11 is 0.861. The summed E-state index contributed by atoms with van der Waals surface area (Å²) in [6, 6.07) is 1.05. The number of thiophene rings is 1. The van der Waals surface area contributed by atoms with Gasteiger partial charge in [0.1, 0.15) is 12.4 Å². The van der Waals surface area contributed by atoms with Crippen LogP contribution < -0.4 is 10.2 Å². The van der Waals surface area contributed by atoms with Gasteiger partial charge in [-0.1, -0.05) is 0 Å². The Balaban J connectivity index is 1.29. The number of nitrogens with one attached hydrogen (secondary N) is 1. The van der Waals surface area contributed by atoms with Crippen molar-refractivity contribution < 1.29 is 32.2 Å². The molecule has 2 aromatic heterocycles. The van der Waals surface area contributed by atoms with Crippen molar-refractivity contribution in [3.63, 3.8) is 0 Å². The molecule has 0 saturated carbocycles. The lowest BCUT2D eigenvalue weighted by molar-refractivity contribution is -0.136. The second-order valence-electron chi connectivity index (χ2n) is 8.62. The summed E-state index contributed by atoms with van der Waals surface area (Å²) in [4.78, 5) is 32.0. The Morgan fingerprint density at radius 2 is 2.03 bits per heavy atom. The van der Waals surface area contributed by atoms with Crippen LogP contribution in [-0.2, 0) is 15.7 Å². The first kappa shape index (κ1) is 21.3. The standard InChI is InChI=1S/C20H21F3N4O4S/c1-24-17(28)12-6-32-16-13(20(21,22)23)2-14(25-15(12)16)26-7-19(8-26)9-27(10-19)18(29)31-5-11-3-30-4-11/h2,6,11H,3-5,7-10H2,1H3,(H,24,28). The van der Waals surface area contributed by atoms with Gasteiger partial charge in [-0.2, -0.15) is 13.2 Å². The topological polar surface area (TPSA) is 84.0 Å². The van der Waals surface area contributed by atoms with Crippen LogP contribution in [0, 0.1) is 11.3 Å². The molecular weight excluding hydrogens is 449 g/mol. The zero-order valence-corrected chi connectivity index (χ0v) is 18.0. The molecule has 5 heterocycles. The van der Waals surface area contributed by atoms with Crippen molar-refractivity contribution in [1.29, 1.82) is 0 Å². The quantitative estimate of drug-likeness (QED) is 0.740. The number of hydrogen-bond donors (Lipinski definition) is 1. The summed E-state index contributed by atoms with van der Waals surface area (Å²) < 4.78 is 51.4. The lowest BCUT2D eigenvalue weighted by atomic mass is 9.73. The minimum absolute atomic E-state index is 0.0514. The number of likely N-dealkylation sites (tertiary alicyclic amines) is 1. The molecule has 0 aromatic carbocycles. The molecular formula is C20H21F3N4O4S. The number of fused-ring (bicyclic) bond motifs is 1. The van der Waals surface area contributed by atoms with E-state index in [9.17, 15) is 22.8 Å². The van der Waals surface area contributed by atoms with Gasteiger partial charge in [0.25, 0.3) is 5.91 Å². The number of alkyl halides is 3. The second kappa shape index (κ2) is 7.48. The number of amides is 2. The highest BCUT2D eigenvalue weighted by Crippen LogP contribution is 2.45. The first-order valence-corrected chi connectivity index (χ1v) is 11.0. The van der Waals surface area contributed by atoms with Gasteiger partial charge < -0.3 is 24.6 Å². The van der Waals surface area contributed by atoms with E-state index in [1.165, 1.54) is 12.4 Å². The highest BCUT2D eigenvalue weighted by molar-refractivity contribution is 7.17. The van der Waals surface area contributed by atoms with Crippen LogP contribution in [0.4, 0.5) is 23.8 Å². The molecule has 1 N–H and O–H groups in total. The number of aromatic nitrogens is 1. The van der Waals surface area contributed by atoms with E-state index in [-0.39, 0.29) is 39.0 Å². The van der Waals surface area contributed by atoms with Crippen molar-refractivity contribution >= 4 is 39.4 Å². The van der Waals surface area contributed by atoms with E-state index in [1.54, 1.807) is 9.80 Å². The molecule has 1 spiro atoms. The molecule has 3 aliphatic heterocycles. The number of anilines is 1. The molecule has 5 rings (SSSR count). The van der Waals surface area contributed by atoms with Crippen LogP contribution in [0.1, 0.15) is 15.9 Å². The van der Waals surface area contributed by atoms with Crippen LogP contribution in [0.3, 0.4) is 0 Å². The average Bonchev–Trinajstić information content (AvgIpc) is 3.06. The number of carbonyl (C=O) groups excluding carboxylic acids is 2. The Bertz CT molecular complexity index is 1070. The largest absolute Gasteiger partial charge is 0.449 e. The molecule has 2 amide bonds. The SMILES string of the molecule is CNC(=O)c1csc2c(C(F)(F)F)cc(N3CC4(CN(C(=O)OCC5COC5)C4)C3)nc12. The van der Waals surface area contributed by atoms with Crippen LogP contribution in [0.5, 0.6) is 0 Å². The monoisotopic (exact) mass is 470 g/mol. The maximum atomic E-state index is 13.7. The van der Waals surface area contributed by atoms with E-state index < -0.39 is 17.6 Å². The van der Waals surface area contributed by atoms with Crippen molar-refractivity contribution in [1.82, 2.24) is 15.2 Å². The number of carbonyl (C=O) groups is 2. The van der Waals surface area contributed by atoms with Crippen molar-refractivity contribution in [2.45, 2.75) is 6.18 Å². The Hall–Kier alpha value is -2.60. The Morgan fingerprint density at radius 1 is 1.31 bits per heavy atom. The summed E-state index contributed by atoms with van der Waals surface area (Å²) in [5.41, 5.74) is -0.771. The lowest BCUT2D eigenvalue weighted by Gasteiger charge is -2.60. The third-order valence-electron chi connectivity index (χ3n) is 6.12. The highest BCUT2D eigenvalue weighted by atomic mass is 32.1. The lowest BCUT2D eigenvalue weighted by Crippen LogP contribution is -2.73. The summed E-state index contributed by atoms with van der Waals surface area (Å²) in [6.07, 6.45) is -4.93. The molecule has 0 aliphatic carbocycles. The first-order chi connectivity index (χ1) is 15.2. The predicted molar refractivity (Wildman–Crippen MR) is 110 cm³/mol. The second-order valence-corrected chi connectivity index (χ2v) is 9.50. The van der Waals surface area contributed by atoms with Gasteiger partial charge in [-0.05, 0) is 6.07 Å². The number of ether oxygens (including phenoxy) is 2. The zero-order valence-electron chi connectivity index (χ0n) is 17.2. The fourth-order valence-corrected chi connectivity index (χ4v) is 5.37. The van der Waals surface area contributed by atoms with E-state index in [4.69, 9.17) is 9.47 Å². The fraction of sp³-hybridized carbons (Fsp3) is 0.550. The van der Waals surface area contributed by atoms with Crippen molar-refractivity contribution in [2.75, 3.05) is 57.9 Å². The summed E-state index contributed by atoms with van der Waals surface area (Å²) in [5, 5.41) is 3.84. The minimum atomic E-state index is -4.56. The zero-order chi connectivity index (χ0) is 22.7. The van der Waals surface area contributed by atoms with E-state index >= 15 is 0 Å². The molecule has 0 bridgehead atoms. The Morgan fingerprint density at radius 3 is 2.62 bits per heavy atom. The molecule has 8 nitrogen and oxygen atoms in total. The molecule has 0 unspecified atom stereocenters. The molecule has 12 heteroatoms. The van der Waals surface area contributed by atoms with Crippen LogP contribution in [0.15, 0.2) is 11.4 Å². The van der Waals surface area contributed by atoms with E-state index in [0.29, 0.717) is 46.0 Å². The molecule has 0 radical (unpaired) electrons. The highest BCUT2D eigenvalue weighted by Gasteiger charge is 2.54. The van der Waals surface area contributed by atoms with E-state index in [2.05, 4.69) is 10.3 Å².